The van der Waals surface area contributed by atoms with Crippen LogP contribution in [0.4, 0.5) is 0 Å². The number of carboxylic acid groups (broad SMARTS) is 1. The molecule has 0 aliphatic heterocycles. The topological polar surface area (TPSA) is 58.6 Å². The van der Waals surface area contributed by atoms with Gasteiger partial charge < -0.3 is 9.84 Å². The van der Waals surface area contributed by atoms with Gasteiger partial charge in [-0.25, -0.2) is 4.79 Å². The van der Waals surface area contributed by atoms with Crippen LogP contribution in [0.1, 0.15) is 39.2 Å². The van der Waals surface area contributed by atoms with Crippen molar-refractivity contribution in [3.05, 3.63) is 29.8 Å². The molecular formula is C15H23NO3. The molecule has 0 saturated heterocycles. The molecule has 4 nitrogen and oxygen atoms in total. The number of carboxylic acids is 1. The monoisotopic (exact) mass is 265 g/mol. The fourth-order valence-electron chi connectivity index (χ4n) is 1.78. The molecular weight excluding hydrogens is 242 g/mol. The van der Waals surface area contributed by atoms with Gasteiger partial charge in [-0.2, -0.15) is 0 Å². The van der Waals surface area contributed by atoms with E-state index in [1.807, 2.05) is 38.1 Å². The molecule has 0 bridgehead atoms. The lowest BCUT2D eigenvalue weighted by atomic mass is 9.92. The Morgan fingerprint density at radius 2 is 1.89 bits per heavy atom. The molecule has 0 aliphatic carbocycles. The molecule has 1 atom stereocenters. The third-order valence-electron chi connectivity index (χ3n) is 3.06. The summed E-state index contributed by atoms with van der Waals surface area (Å²) < 4.78 is 5.50. The Kier molecular flexibility index (Phi) is 5.83. The average molecular weight is 265 g/mol. The highest BCUT2D eigenvalue weighted by Gasteiger charge is 2.34. The van der Waals surface area contributed by atoms with Crippen molar-refractivity contribution < 1.29 is 14.6 Å². The molecule has 0 heterocycles. The molecule has 0 saturated carbocycles. The summed E-state index contributed by atoms with van der Waals surface area (Å²) >= 11 is 0. The van der Waals surface area contributed by atoms with E-state index in [0.717, 1.165) is 24.2 Å². The van der Waals surface area contributed by atoms with Gasteiger partial charge in [-0.05, 0) is 44.0 Å². The Morgan fingerprint density at radius 3 is 2.37 bits per heavy atom. The second-order valence-electron chi connectivity index (χ2n) is 4.73. The second-order valence-corrected chi connectivity index (χ2v) is 4.73. The van der Waals surface area contributed by atoms with Gasteiger partial charge in [0.15, 0.2) is 0 Å². The summed E-state index contributed by atoms with van der Waals surface area (Å²) in [6.45, 7) is 7.08. The summed E-state index contributed by atoms with van der Waals surface area (Å²) in [4.78, 5) is 11.5. The van der Waals surface area contributed by atoms with Crippen LogP contribution in [0.5, 0.6) is 5.75 Å². The number of carbonyl (C=O) groups is 1. The van der Waals surface area contributed by atoms with E-state index in [4.69, 9.17) is 4.74 Å². The van der Waals surface area contributed by atoms with Crippen LogP contribution in [0.3, 0.4) is 0 Å². The van der Waals surface area contributed by atoms with Crippen LogP contribution in [-0.2, 0) is 10.3 Å². The van der Waals surface area contributed by atoms with Gasteiger partial charge in [-0.1, -0.05) is 26.0 Å². The van der Waals surface area contributed by atoms with E-state index in [1.165, 1.54) is 0 Å². The molecule has 1 aromatic carbocycles. The van der Waals surface area contributed by atoms with Gasteiger partial charge in [0, 0.05) is 0 Å². The number of benzene rings is 1. The maximum atomic E-state index is 11.5. The summed E-state index contributed by atoms with van der Waals surface area (Å²) in [5.74, 6) is -0.1000. The standard InChI is InChI=1S/C15H23NO3/c1-4-10-16-15(3,14(17)18)12-6-8-13(9-7-12)19-11-5-2/h6-9,16H,4-5,10-11H2,1-3H3,(H,17,18). The molecule has 4 heteroatoms. The Balaban J connectivity index is 2.88. The first-order chi connectivity index (χ1) is 9.04. The smallest absolute Gasteiger partial charge is 0.328 e. The number of rotatable bonds is 8. The van der Waals surface area contributed by atoms with Gasteiger partial charge in [-0.15, -0.1) is 0 Å². The summed E-state index contributed by atoms with van der Waals surface area (Å²) in [5, 5.41) is 12.5. The highest BCUT2D eigenvalue weighted by molar-refractivity contribution is 5.80. The largest absolute Gasteiger partial charge is 0.494 e. The first kappa shape index (κ1) is 15.5. The molecule has 1 rings (SSSR count). The minimum atomic E-state index is -1.06. The Morgan fingerprint density at radius 1 is 1.26 bits per heavy atom. The van der Waals surface area contributed by atoms with Crippen molar-refractivity contribution in [3.8, 4) is 5.75 Å². The van der Waals surface area contributed by atoms with Crippen LogP contribution in [0.2, 0.25) is 0 Å². The zero-order valence-electron chi connectivity index (χ0n) is 11.9. The number of aliphatic carboxylic acids is 1. The van der Waals surface area contributed by atoms with Crippen LogP contribution in [0.15, 0.2) is 24.3 Å². The number of nitrogens with one attached hydrogen (secondary N) is 1. The minimum Gasteiger partial charge on any atom is -0.494 e. The number of hydrogen-bond acceptors (Lipinski definition) is 3. The number of ether oxygens (including phenoxy) is 1. The van der Waals surface area contributed by atoms with Crippen molar-refractivity contribution in [2.24, 2.45) is 0 Å². The van der Waals surface area contributed by atoms with E-state index in [1.54, 1.807) is 6.92 Å². The Bertz CT molecular complexity index is 402. The van der Waals surface area contributed by atoms with Crippen LogP contribution >= 0.6 is 0 Å². The maximum absolute atomic E-state index is 11.5. The lowest BCUT2D eigenvalue weighted by Crippen LogP contribution is -2.46. The van der Waals surface area contributed by atoms with Crippen LogP contribution < -0.4 is 10.1 Å². The maximum Gasteiger partial charge on any atom is 0.328 e. The average Bonchev–Trinajstić information content (AvgIpc) is 2.42. The van der Waals surface area contributed by atoms with E-state index in [9.17, 15) is 9.90 Å². The van der Waals surface area contributed by atoms with Gasteiger partial charge in [0.05, 0.1) is 6.61 Å². The highest BCUT2D eigenvalue weighted by Crippen LogP contribution is 2.24. The van der Waals surface area contributed by atoms with Crippen molar-refractivity contribution in [1.29, 1.82) is 0 Å². The zero-order chi connectivity index (χ0) is 14.3. The molecule has 1 unspecified atom stereocenters. The predicted molar refractivity (Wildman–Crippen MR) is 75.5 cm³/mol. The molecule has 1 aromatic rings. The molecule has 106 valence electrons. The normalized spacial score (nSPS) is 13.8. The minimum absolute atomic E-state index is 0.664. The lowest BCUT2D eigenvalue weighted by molar-refractivity contribution is -0.144. The first-order valence-corrected chi connectivity index (χ1v) is 6.76. The van der Waals surface area contributed by atoms with Gasteiger partial charge >= 0.3 is 5.97 Å². The van der Waals surface area contributed by atoms with Crippen LogP contribution in [0.25, 0.3) is 0 Å². The fourth-order valence-corrected chi connectivity index (χ4v) is 1.78. The van der Waals surface area contributed by atoms with Gasteiger partial charge in [0.2, 0.25) is 0 Å². The Labute approximate surface area is 114 Å². The molecule has 0 aliphatic rings. The van der Waals surface area contributed by atoms with Crippen LogP contribution in [0, 0.1) is 0 Å². The van der Waals surface area contributed by atoms with Gasteiger partial charge in [-0.3, -0.25) is 5.32 Å². The molecule has 0 spiro atoms. The van der Waals surface area contributed by atoms with Crippen molar-refractivity contribution in [1.82, 2.24) is 5.32 Å². The second kappa shape index (κ2) is 7.14. The molecule has 0 amide bonds. The van der Waals surface area contributed by atoms with Crippen LogP contribution in [-0.4, -0.2) is 24.2 Å². The predicted octanol–water partition coefficient (Wildman–Crippen LogP) is 2.77. The zero-order valence-corrected chi connectivity index (χ0v) is 11.9. The van der Waals surface area contributed by atoms with E-state index < -0.39 is 11.5 Å². The highest BCUT2D eigenvalue weighted by atomic mass is 16.5. The molecule has 0 fully saturated rings. The third kappa shape index (κ3) is 3.96. The first-order valence-electron chi connectivity index (χ1n) is 6.76. The fraction of sp³-hybridized carbons (Fsp3) is 0.533. The van der Waals surface area contributed by atoms with Crippen molar-refractivity contribution in [2.45, 2.75) is 39.2 Å². The third-order valence-corrected chi connectivity index (χ3v) is 3.06. The van der Waals surface area contributed by atoms with Crippen molar-refractivity contribution >= 4 is 5.97 Å². The summed E-state index contributed by atoms with van der Waals surface area (Å²) in [5.41, 5.74) is -0.323. The lowest BCUT2D eigenvalue weighted by Gasteiger charge is -2.27. The van der Waals surface area contributed by atoms with E-state index in [2.05, 4.69) is 5.32 Å². The van der Waals surface area contributed by atoms with Crippen molar-refractivity contribution in [3.63, 3.8) is 0 Å². The molecule has 2 N–H and O–H groups in total. The van der Waals surface area contributed by atoms with E-state index in [-0.39, 0.29) is 0 Å². The summed E-state index contributed by atoms with van der Waals surface area (Å²) in [7, 11) is 0. The molecule has 19 heavy (non-hydrogen) atoms. The number of hydrogen-bond donors (Lipinski definition) is 2. The summed E-state index contributed by atoms with van der Waals surface area (Å²) in [6, 6.07) is 7.25. The quantitative estimate of drug-likeness (QED) is 0.759. The molecule has 0 aromatic heterocycles. The van der Waals surface area contributed by atoms with E-state index >= 15 is 0 Å². The summed E-state index contributed by atoms with van der Waals surface area (Å²) in [6.07, 6.45) is 1.84. The Hall–Kier alpha value is -1.55. The van der Waals surface area contributed by atoms with E-state index in [0.29, 0.717) is 13.2 Å². The van der Waals surface area contributed by atoms with Crippen molar-refractivity contribution in [2.75, 3.05) is 13.2 Å². The van der Waals surface area contributed by atoms with Gasteiger partial charge in [0.25, 0.3) is 0 Å². The SMILES string of the molecule is CCCNC(C)(C(=O)O)c1ccc(OCCC)cc1. The molecule has 0 radical (unpaired) electrons. The van der Waals surface area contributed by atoms with Gasteiger partial charge in [0.1, 0.15) is 11.3 Å².